The summed E-state index contributed by atoms with van der Waals surface area (Å²) in [5, 5.41) is 3.13. The lowest BCUT2D eigenvalue weighted by Gasteiger charge is -2.31. The van der Waals surface area contributed by atoms with Gasteiger partial charge in [0.15, 0.2) is 0 Å². The Hall–Kier alpha value is -0.840. The summed E-state index contributed by atoms with van der Waals surface area (Å²) in [5.41, 5.74) is 1.22. The monoisotopic (exact) mass is 236 g/mol. The zero-order valence-electron chi connectivity index (χ0n) is 10.3. The number of likely N-dealkylation sites (tertiary alicyclic amines) is 1. The quantitative estimate of drug-likeness (QED) is 0.856. The first-order chi connectivity index (χ1) is 8.33. The first kappa shape index (κ1) is 11.3. The summed E-state index contributed by atoms with van der Waals surface area (Å²) in [6, 6.07) is 2.15. The lowest BCUT2D eigenvalue weighted by atomic mass is 10.2. The molecule has 2 saturated heterocycles. The summed E-state index contributed by atoms with van der Waals surface area (Å²) >= 11 is 0. The summed E-state index contributed by atoms with van der Waals surface area (Å²) < 4.78 is 11.4. The maximum atomic E-state index is 5.83. The fourth-order valence-corrected chi connectivity index (χ4v) is 2.85. The third-order valence-corrected chi connectivity index (χ3v) is 3.59. The molecule has 1 aromatic rings. The van der Waals surface area contributed by atoms with Crippen LogP contribution in [0.1, 0.15) is 24.2 Å². The molecule has 4 nitrogen and oxygen atoms in total. The Balaban J connectivity index is 1.58. The highest BCUT2D eigenvalue weighted by atomic mass is 16.5. The Kier molecular flexibility index (Phi) is 3.18. The fraction of sp³-hybridized carbons (Fsp3) is 0.692. The van der Waals surface area contributed by atoms with Gasteiger partial charge in [-0.3, -0.25) is 4.90 Å². The fourth-order valence-electron chi connectivity index (χ4n) is 2.85. The highest BCUT2D eigenvalue weighted by Crippen LogP contribution is 2.27. The second-order valence-corrected chi connectivity index (χ2v) is 5.10. The lowest BCUT2D eigenvalue weighted by Crippen LogP contribution is -2.41. The predicted octanol–water partition coefficient (Wildman–Crippen LogP) is 1.36. The zero-order valence-corrected chi connectivity index (χ0v) is 10.3. The minimum Gasteiger partial charge on any atom is -0.468 e. The smallest absolute Gasteiger partial charge is 0.118 e. The van der Waals surface area contributed by atoms with E-state index < -0.39 is 0 Å². The molecule has 2 fully saturated rings. The van der Waals surface area contributed by atoms with Gasteiger partial charge >= 0.3 is 0 Å². The third-order valence-electron chi connectivity index (χ3n) is 3.59. The van der Waals surface area contributed by atoms with Gasteiger partial charge in [-0.25, -0.2) is 0 Å². The van der Waals surface area contributed by atoms with E-state index in [0.717, 1.165) is 31.9 Å². The average molecular weight is 236 g/mol. The van der Waals surface area contributed by atoms with Gasteiger partial charge in [-0.2, -0.15) is 0 Å². The molecule has 0 aromatic carbocycles. The van der Waals surface area contributed by atoms with Gasteiger partial charge in [0.2, 0.25) is 0 Å². The van der Waals surface area contributed by atoms with Crippen LogP contribution in [-0.4, -0.2) is 37.2 Å². The molecule has 3 heterocycles. The van der Waals surface area contributed by atoms with Crippen LogP contribution in [0.3, 0.4) is 0 Å². The average Bonchev–Trinajstić information content (AvgIpc) is 2.87. The molecule has 0 amide bonds. The van der Waals surface area contributed by atoms with Crippen molar-refractivity contribution in [1.82, 2.24) is 10.2 Å². The summed E-state index contributed by atoms with van der Waals surface area (Å²) in [6.45, 7) is 3.90. The highest BCUT2D eigenvalue weighted by molar-refractivity contribution is 5.12. The number of nitrogens with zero attached hydrogens (tertiary/aromatic N) is 1. The Morgan fingerprint density at radius 2 is 2.12 bits per heavy atom. The van der Waals surface area contributed by atoms with Crippen LogP contribution in [0.5, 0.6) is 0 Å². The van der Waals surface area contributed by atoms with Crippen molar-refractivity contribution in [3.63, 3.8) is 0 Å². The molecule has 2 aliphatic rings. The topological polar surface area (TPSA) is 37.6 Å². The second-order valence-electron chi connectivity index (χ2n) is 5.10. The van der Waals surface area contributed by atoms with Crippen LogP contribution in [0.25, 0.3) is 0 Å². The maximum absolute atomic E-state index is 5.83. The minimum atomic E-state index is 0.459. The molecule has 1 N–H and O–H groups in total. The van der Waals surface area contributed by atoms with Gasteiger partial charge in [0.1, 0.15) is 5.76 Å². The largest absolute Gasteiger partial charge is 0.468 e. The normalized spacial score (nSPS) is 28.8. The van der Waals surface area contributed by atoms with E-state index in [9.17, 15) is 0 Å². The van der Waals surface area contributed by atoms with Crippen molar-refractivity contribution in [2.75, 3.05) is 20.1 Å². The number of ether oxygens (including phenoxy) is 1. The Bertz CT molecular complexity index is 365. The van der Waals surface area contributed by atoms with Crippen molar-refractivity contribution in [2.24, 2.45) is 0 Å². The molecule has 2 aliphatic heterocycles. The van der Waals surface area contributed by atoms with Gasteiger partial charge in [-0.05, 0) is 26.0 Å². The van der Waals surface area contributed by atoms with E-state index in [-0.39, 0.29) is 0 Å². The summed E-state index contributed by atoms with van der Waals surface area (Å²) in [4.78, 5) is 2.45. The molecule has 3 rings (SSSR count). The van der Waals surface area contributed by atoms with Crippen molar-refractivity contribution in [3.8, 4) is 0 Å². The van der Waals surface area contributed by atoms with E-state index in [0.29, 0.717) is 12.2 Å². The minimum absolute atomic E-state index is 0.459. The zero-order chi connectivity index (χ0) is 11.7. The van der Waals surface area contributed by atoms with Gasteiger partial charge < -0.3 is 14.5 Å². The molecule has 2 bridgehead atoms. The van der Waals surface area contributed by atoms with Crippen molar-refractivity contribution < 1.29 is 9.15 Å². The van der Waals surface area contributed by atoms with E-state index in [1.165, 1.54) is 18.4 Å². The van der Waals surface area contributed by atoms with Gasteiger partial charge in [-0.1, -0.05) is 0 Å². The van der Waals surface area contributed by atoms with Gasteiger partial charge in [0.05, 0.1) is 25.0 Å². The van der Waals surface area contributed by atoms with Gasteiger partial charge in [0.25, 0.3) is 0 Å². The molecular formula is C13H20N2O2. The number of nitrogens with one attached hydrogen (secondary N) is 1. The number of hydrogen-bond donors (Lipinski definition) is 1. The van der Waals surface area contributed by atoms with Crippen molar-refractivity contribution in [2.45, 2.75) is 38.1 Å². The molecular weight excluding hydrogens is 216 g/mol. The van der Waals surface area contributed by atoms with Gasteiger partial charge in [0, 0.05) is 25.2 Å². The van der Waals surface area contributed by atoms with Crippen LogP contribution in [0.2, 0.25) is 0 Å². The SMILES string of the molecule is CNCc1coc(CN2CC3CCC(C2)O3)c1. The van der Waals surface area contributed by atoms with Crippen LogP contribution < -0.4 is 5.32 Å². The first-order valence-corrected chi connectivity index (χ1v) is 6.42. The molecule has 4 heteroatoms. The number of rotatable bonds is 4. The van der Waals surface area contributed by atoms with E-state index in [2.05, 4.69) is 16.3 Å². The summed E-state index contributed by atoms with van der Waals surface area (Å²) in [7, 11) is 1.95. The van der Waals surface area contributed by atoms with E-state index in [1.54, 1.807) is 0 Å². The molecule has 0 radical (unpaired) electrons. The molecule has 17 heavy (non-hydrogen) atoms. The predicted molar refractivity (Wildman–Crippen MR) is 64.6 cm³/mol. The van der Waals surface area contributed by atoms with Crippen molar-refractivity contribution in [3.05, 3.63) is 23.7 Å². The second kappa shape index (κ2) is 4.80. The van der Waals surface area contributed by atoms with Crippen molar-refractivity contribution >= 4 is 0 Å². The molecule has 0 saturated carbocycles. The van der Waals surface area contributed by atoms with Crippen LogP contribution in [0.4, 0.5) is 0 Å². The molecule has 1 aromatic heterocycles. The van der Waals surface area contributed by atoms with Crippen molar-refractivity contribution in [1.29, 1.82) is 0 Å². The third kappa shape index (κ3) is 2.54. The number of morpholine rings is 1. The number of fused-ring (bicyclic) bond motifs is 2. The molecule has 94 valence electrons. The van der Waals surface area contributed by atoms with Crippen LogP contribution in [0, 0.1) is 0 Å². The van der Waals surface area contributed by atoms with Crippen LogP contribution >= 0.6 is 0 Å². The highest BCUT2D eigenvalue weighted by Gasteiger charge is 2.33. The van der Waals surface area contributed by atoms with E-state index >= 15 is 0 Å². The Morgan fingerprint density at radius 1 is 1.35 bits per heavy atom. The summed E-state index contributed by atoms with van der Waals surface area (Å²) in [6.07, 6.45) is 5.22. The Labute approximate surface area is 102 Å². The standard InChI is InChI=1S/C13H20N2O2/c1-14-5-10-4-13(16-9-10)8-15-6-11-2-3-12(7-15)17-11/h4,9,11-12,14H,2-3,5-8H2,1H3. The van der Waals surface area contributed by atoms with Crippen LogP contribution in [-0.2, 0) is 17.8 Å². The van der Waals surface area contributed by atoms with E-state index in [4.69, 9.17) is 9.15 Å². The van der Waals surface area contributed by atoms with E-state index in [1.807, 2.05) is 13.3 Å². The Morgan fingerprint density at radius 3 is 2.82 bits per heavy atom. The summed E-state index contributed by atoms with van der Waals surface area (Å²) in [5.74, 6) is 1.07. The molecule has 2 atom stereocenters. The lowest BCUT2D eigenvalue weighted by molar-refractivity contribution is -0.0427. The molecule has 2 unspecified atom stereocenters. The molecule has 0 spiro atoms. The number of furan rings is 1. The molecule has 0 aliphatic carbocycles. The van der Waals surface area contributed by atoms with Gasteiger partial charge in [-0.15, -0.1) is 0 Å². The number of hydrogen-bond acceptors (Lipinski definition) is 4. The van der Waals surface area contributed by atoms with Crippen LogP contribution in [0.15, 0.2) is 16.7 Å². The maximum Gasteiger partial charge on any atom is 0.118 e. The first-order valence-electron chi connectivity index (χ1n) is 6.42.